The molecule has 1 aliphatic carbocycles. The number of rotatable bonds is 4. The van der Waals surface area contributed by atoms with Crippen LogP contribution in [0, 0.1) is 11.8 Å². The Morgan fingerprint density at radius 2 is 1.63 bits per heavy atom. The molecule has 1 saturated carbocycles. The molecule has 19 heavy (non-hydrogen) atoms. The van der Waals surface area contributed by atoms with Gasteiger partial charge in [0.1, 0.15) is 0 Å². The van der Waals surface area contributed by atoms with Crippen LogP contribution in [0.15, 0.2) is 0 Å². The smallest absolute Gasteiger partial charge is 0.0417 e. The van der Waals surface area contributed by atoms with E-state index in [2.05, 4.69) is 31.1 Å². The van der Waals surface area contributed by atoms with Gasteiger partial charge in [-0.15, -0.1) is 0 Å². The highest BCUT2D eigenvalue weighted by Gasteiger charge is 2.40. The molecule has 1 unspecified atom stereocenters. The molecule has 0 radical (unpaired) electrons. The third-order valence-corrected chi connectivity index (χ3v) is 5.64. The summed E-state index contributed by atoms with van der Waals surface area (Å²) >= 11 is 0. The molecule has 1 heterocycles. The van der Waals surface area contributed by atoms with Gasteiger partial charge in [0.25, 0.3) is 0 Å². The van der Waals surface area contributed by atoms with E-state index in [1.54, 1.807) is 0 Å². The number of hydrazine groups is 1. The molecule has 2 rings (SSSR count). The van der Waals surface area contributed by atoms with E-state index in [9.17, 15) is 0 Å². The van der Waals surface area contributed by atoms with Crippen LogP contribution in [0.3, 0.4) is 0 Å². The second-order valence-electron chi connectivity index (χ2n) is 7.37. The van der Waals surface area contributed by atoms with Crippen molar-refractivity contribution in [1.82, 2.24) is 10.3 Å². The van der Waals surface area contributed by atoms with Gasteiger partial charge in [-0.25, -0.2) is 0 Å². The number of nitrogens with one attached hydrogen (secondary N) is 1. The molecule has 1 atom stereocenters. The van der Waals surface area contributed by atoms with Gasteiger partial charge < -0.3 is 0 Å². The van der Waals surface area contributed by atoms with Crippen molar-refractivity contribution in [3.63, 3.8) is 0 Å². The third kappa shape index (κ3) is 3.50. The van der Waals surface area contributed by atoms with E-state index < -0.39 is 0 Å². The van der Waals surface area contributed by atoms with Gasteiger partial charge in [0.15, 0.2) is 0 Å². The summed E-state index contributed by atoms with van der Waals surface area (Å²) in [4.78, 5) is 2.67. The van der Waals surface area contributed by atoms with Crippen LogP contribution >= 0.6 is 0 Å². The average Bonchev–Trinajstić information content (AvgIpc) is 2.42. The van der Waals surface area contributed by atoms with Gasteiger partial charge in [0.05, 0.1) is 0 Å². The van der Waals surface area contributed by atoms with Crippen molar-refractivity contribution in [2.45, 2.75) is 77.3 Å². The minimum Gasteiger partial charge on any atom is -0.297 e. The molecule has 1 aliphatic heterocycles. The maximum Gasteiger partial charge on any atom is 0.0417 e. The van der Waals surface area contributed by atoms with E-state index in [1.807, 2.05) is 0 Å². The number of hydrogen-bond acceptors (Lipinski definition) is 3. The Kier molecular flexibility index (Phi) is 5.27. The van der Waals surface area contributed by atoms with E-state index in [0.717, 1.165) is 11.8 Å². The SMILES string of the molecule is CC1CCC(C(NN)C(C)(C)N2CCCCC2)CC1. The average molecular weight is 267 g/mol. The monoisotopic (exact) mass is 267 g/mol. The molecule has 2 aliphatic rings. The summed E-state index contributed by atoms with van der Waals surface area (Å²) in [5.74, 6) is 7.61. The topological polar surface area (TPSA) is 41.3 Å². The van der Waals surface area contributed by atoms with E-state index in [4.69, 9.17) is 5.84 Å². The molecule has 0 spiro atoms. The molecule has 0 aromatic rings. The molecule has 112 valence electrons. The fraction of sp³-hybridized carbons (Fsp3) is 1.00. The second kappa shape index (κ2) is 6.55. The van der Waals surface area contributed by atoms with E-state index in [0.29, 0.717) is 6.04 Å². The molecule has 0 aromatic carbocycles. The normalized spacial score (nSPS) is 32.2. The molecule has 0 amide bonds. The van der Waals surface area contributed by atoms with Crippen molar-refractivity contribution in [3.05, 3.63) is 0 Å². The summed E-state index contributed by atoms with van der Waals surface area (Å²) in [5.41, 5.74) is 3.36. The summed E-state index contributed by atoms with van der Waals surface area (Å²) in [7, 11) is 0. The summed E-state index contributed by atoms with van der Waals surface area (Å²) < 4.78 is 0. The Labute approximate surface area is 119 Å². The van der Waals surface area contributed by atoms with Crippen LogP contribution < -0.4 is 11.3 Å². The van der Waals surface area contributed by atoms with Crippen LogP contribution in [0.1, 0.15) is 65.7 Å². The molecular weight excluding hydrogens is 234 g/mol. The Morgan fingerprint density at radius 1 is 1.05 bits per heavy atom. The first-order valence-corrected chi connectivity index (χ1v) is 8.27. The fourth-order valence-electron chi connectivity index (χ4n) is 4.20. The van der Waals surface area contributed by atoms with Crippen LogP contribution in [-0.2, 0) is 0 Å². The molecular formula is C16H33N3. The van der Waals surface area contributed by atoms with Crippen LogP contribution in [0.25, 0.3) is 0 Å². The van der Waals surface area contributed by atoms with Gasteiger partial charge >= 0.3 is 0 Å². The summed E-state index contributed by atoms with van der Waals surface area (Å²) in [6, 6.07) is 0.429. The lowest BCUT2D eigenvalue weighted by Crippen LogP contribution is -2.63. The molecule has 3 heteroatoms. The molecule has 0 bridgehead atoms. The van der Waals surface area contributed by atoms with Crippen LogP contribution in [-0.4, -0.2) is 29.6 Å². The zero-order valence-electron chi connectivity index (χ0n) is 13.1. The highest BCUT2D eigenvalue weighted by atomic mass is 15.3. The number of likely N-dealkylation sites (tertiary alicyclic amines) is 1. The maximum atomic E-state index is 5.95. The Hall–Kier alpha value is -0.120. The quantitative estimate of drug-likeness (QED) is 0.608. The van der Waals surface area contributed by atoms with Crippen molar-refractivity contribution < 1.29 is 0 Å². The number of piperidine rings is 1. The van der Waals surface area contributed by atoms with E-state index in [-0.39, 0.29) is 5.54 Å². The Morgan fingerprint density at radius 3 is 2.16 bits per heavy atom. The zero-order valence-corrected chi connectivity index (χ0v) is 13.1. The molecule has 2 fully saturated rings. The van der Waals surface area contributed by atoms with E-state index in [1.165, 1.54) is 58.0 Å². The lowest BCUT2D eigenvalue weighted by atomic mass is 9.73. The van der Waals surface area contributed by atoms with E-state index >= 15 is 0 Å². The summed E-state index contributed by atoms with van der Waals surface area (Å²) in [6.07, 6.45) is 9.53. The first-order chi connectivity index (χ1) is 9.05. The number of hydrogen-bond donors (Lipinski definition) is 2. The molecule has 1 saturated heterocycles. The van der Waals surface area contributed by atoms with Crippen molar-refractivity contribution in [1.29, 1.82) is 0 Å². The standard InChI is InChI=1S/C16H33N3/c1-13-7-9-14(10-8-13)15(18-17)16(2,3)19-11-5-4-6-12-19/h13-15,18H,4-12,17H2,1-3H3. The summed E-state index contributed by atoms with van der Waals surface area (Å²) in [5, 5.41) is 0. The van der Waals surface area contributed by atoms with Crippen molar-refractivity contribution in [2.24, 2.45) is 17.7 Å². The van der Waals surface area contributed by atoms with Crippen LogP contribution in [0.5, 0.6) is 0 Å². The molecule has 3 nitrogen and oxygen atoms in total. The van der Waals surface area contributed by atoms with Crippen LogP contribution in [0.4, 0.5) is 0 Å². The Bertz CT molecular complexity index is 263. The van der Waals surface area contributed by atoms with Crippen molar-refractivity contribution in [2.75, 3.05) is 13.1 Å². The summed E-state index contributed by atoms with van der Waals surface area (Å²) in [6.45, 7) is 9.65. The third-order valence-electron chi connectivity index (χ3n) is 5.64. The van der Waals surface area contributed by atoms with Crippen molar-refractivity contribution >= 4 is 0 Å². The van der Waals surface area contributed by atoms with Gasteiger partial charge in [0, 0.05) is 11.6 Å². The predicted molar refractivity (Wildman–Crippen MR) is 81.7 cm³/mol. The van der Waals surface area contributed by atoms with Crippen LogP contribution in [0.2, 0.25) is 0 Å². The molecule has 3 N–H and O–H groups in total. The first-order valence-electron chi connectivity index (χ1n) is 8.27. The molecule has 0 aromatic heterocycles. The lowest BCUT2D eigenvalue weighted by molar-refractivity contribution is 0.0292. The number of nitrogens with zero attached hydrogens (tertiary/aromatic N) is 1. The number of nitrogens with two attached hydrogens (primary N) is 1. The second-order valence-corrected chi connectivity index (χ2v) is 7.37. The van der Waals surface area contributed by atoms with Gasteiger partial charge in [-0.1, -0.05) is 26.2 Å². The van der Waals surface area contributed by atoms with Gasteiger partial charge in [-0.3, -0.25) is 16.2 Å². The minimum absolute atomic E-state index is 0.181. The minimum atomic E-state index is 0.181. The van der Waals surface area contributed by atoms with Crippen molar-refractivity contribution in [3.8, 4) is 0 Å². The fourth-order valence-corrected chi connectivity index (χ4v) is 4.20. The highest BCUT2D eigenvalue weighted by Crippen LogP contribution is 2.36. The lowest BCUT2D eigenvalue weighted by Gasteiger charge is -2.49. The Balaban J connectivity index is 2.02. The van der Waals surface area contributed by atoms with Gasteiger partial charge in [-0.05, 0) is 64.5 Å². The largest absolute Gasteiger partial charge is 0.297 e. The first kappa shape index (κ1) is 15.3. The predicted octanol–water partition coefficient (Wildman–Crippen LogP) is 2.91. The highest BCUT2D eigenvalue weighted by molar-refractivity contribution is 4.98. The van der Waals surface area contributed by atoms with Gasteiger partial charge in [-0.2, -0.15) is 0 Å². The van der Waals surface area contributed by atoms with Gasteiger partial charge in [0.2, 0.25) is 0 Å². The zero-order chi connectivity index (χ0) is 13.9. The maximum absolute atomic E-state index is 5.95.